The molecule has 0 bridgehead atoms. The average Bonchev–Trinajstić information content (AvgIpc) is 3.13. The second-order valence-corrected chi connectivity index (χ2v) is 6.34. The number of rotatable bonds is 4. The minimum Gasteiger partial charge on any atom is -0.459 e. The topological polar surface area (TPSA) is 71.3 Å². The SMILES string of the molecule is Cc1ccc(C(=O)Nc2ccc(Br)cc2)cc1NC(=O)c1ccco1. The summed E-state index contributed by atoms with van der Waals surface area (Å²) < 4.78 is 6.01. The smallest absolute Gasteiger partial charge is 0.291 e. The summed E-state index contributed by atoms with van der Waals surface area (Å²) in [5, 5.41) is 5.58. The number of carbonyl (C=O) groups is 2. The number of benzene rings is 2. The van der Waals surface area contributed by atoms with E-state index in [0.29, 0.717) is 16.9 Å². The molecule has 2 amide bonds. The molecule has 0 aliphatic carbocycles. The van der Waals surface area contributed by atoms with Gasteiger partial charge in [-0.15, -0.1) is 0 Å². The third-order valence-electron chi connectivity index (χ3n) is 3.60. The third-order valence-corrected chi connectivity index (χ3v) is 4.12. The molecule has 0 saturated heterocycles. The predicted octanol–water partition coefficient (Wildman–Crippen LogP) is 4.86. The van der Waals surface area contributed by atoms with Gasteiger partial charge in [-0.25, -0.2) is 0 Å². The van der Waals surface area contributed by atoms with Gasteiger partial charge in [0.2, 0.25) is 0 Å². The van der Waals surface area contributed by atoms with E-state index >= 15 is 0 Å². The molecule has 0 unspecified atom stereocenters. The number of furan rings is 1. The van der Waals surface area contributed by atoms with Crippen molar-refractivity contribution < 1.29 is 14.0 Å². The Labute approximate surface area is 153 Å². The number of hydrogen-bond donors (Lipinski definition) is 2. The maximum atomic E-state index is 12.4. The molecular weight excluding hydrogens is 384 g/mol. The van der Waals surface area contributed by atoms with Crippen molar-refractivity contribution in [3.05, 3.63) is 82.2 Å². The quantitative estimate of drug-likeness (QED) is 0.659. The van der Waals surface area contributed by atoms with Crippen molar-refractivity contribution in [3.8, 4) is 0 Å². The monoisotopic (exact) mass is 398 g/mol. The average molecular weight is 399 g/mol. The van der Waals surface area contributed by atoms with Crippen LogP contribution in [0.4, 0.5) is 11.4 Å². The molecule has 0 atom stereocenters. The lowest BCUT2D eigenvalue weighted by molar-refractivity contribution is 0.0993. The van der Waals surface area contributed by atoms with Gasteiger partial charge < -0.3 is 15.1 Å². The van der Waals surface area contributed by atoms with E-state index in [1.165, 1.54) is 6.26 Å². The van der Waals surface area contributed by atoms with Crippen molar-refractivity contribution >= 4 is 39.1 Å². The van der Waals surface area contributed by atoms with Gasteiger partial charge in [0.1, 0.15) is 0 Å². The van der Waals surface area contributed by atoms with Gasteiger partial charge in [-0.1, -0.05) is 22.0 Å². The van der Waals surface area contributed by atoms with E-state index in [4.69, 9.17) is 4.42 Å². The Morgan fingerprint density at radius 2 is 1.72 bits per heavy atom. The fourth-order valence-corrected chi connectivity index (χ4v) is 2.49. The van der Waals surface area contributed by atoms with Crippen LogP contribution < -0.4 is 10.6 Å². The minimum atomic E-state index is -0.362. The first-order chi connectivity index (χ1) is 12.0. The van der Waals surface area contributed by atoms with Crippen LogP contribution in [0.1, 0.15) is 26.5 Å². The highest BCUT2D eigenvalue weighted by molar-refractivity contribution is 9.10. The van der Waals surface area contributed by atoms with E-state index in [2.05, 4.69) is 26.6 Å². The fraction of sp³-hybridized carbons (Fsp3) is 0.0526. The zero-order valence-electron chi connectivity index (χ0n) is 13.4. The second-order valence-electron chi connectivity index (χ2n) is 5.42. The molecule has 0 spiro atoms. The Bertz CT molecular complexity index is 903. The van der Waals surface area contributed by atoms with Crippen molar-refractivity contribution in [2.75, 3.05) is 10.6 Å². The number of carbonyl (C=O) groups excluding carboxylic acids is 2. The molecule has 126 valence electrons. The summed E-state index contributed by atoms with van der Waals surface area (Å²) in [6.45, 7) is 1.86. The largest absolute Gasteiger partial charge is 0.459 e. The van der Waals surface area contributed by atoms with Gasteiger partial charge in [0, 0.05) is 21.4 Å². The molecule has 2 aromatic carbocycles. The molecular formula is C19H15BrN2O3. The van der Waals surface area contributed by atoms with Crippen LogP contribution in [-0.2, 0) is 0 Å². The van der Waals surface area contributed by atoms with E-state index in [9.17, 15) is 9.59 Å². The molecule has 0 aliphatic heterocycles. The van der Waals surface area contributed by atoms with Crippen LogP contribution in [0.5, 0.6) is 0 Å². The molecule has 2 N–H and O–H groups in total. The minimum absolute atomic E-state index is 0.212. The summed E-state index contributed by atoms with van der Waals surface area (Å²) in [5.41, 5.74) is 2.54. The van der Waals surface area contributed by atoms with Crippen molar-refractivity contribution in [1.82, 2.24) is 0 Å². The van der Waals surface area contributed by atoms with Crippen LogP contribution in [-0.4, -0.2) is 11.8 Å². The molecule has 0 saturated carbocycles. The summed E-state index contributed by atoms with van der Waals surface area (Å²) >= 11 is 3.35. The predicted molar refractivity (Wildman–Crippen MR) is 99.9 cm³/mol. The normalized spacial score (nSPS) is 10.3. The third kappa shape index (κ3) is 4.16. The second kappa shape index (κ2) is 7.36. The Kier molecular flexibility index (Phi) is 5.00. The summed E-state index contributed by atoms with van der Waals surface area (Å²) in [7, 11) is 0. The van der Waals surface area contributed by atoms with E-state index in [1.807, 2.05) is 19.1 Å². The van der Waals surface area contributed by atoms with E-state index < -0.39 is 0 Å². The van der Waals surface area contributed by atoms with E-state index in [0.717, 1.165) is 10.0 Å². The first kappa shape index (κ1) is 17.0. The lowest BCUT2D eigenvalue weighted by Gasteiger charge is -2.10. The number of halogens is 1. The highest BCUT2D eigenvalue weighted by Gasteiger charge is 2.13. The zero-order valence-corrected chi connectivity index (χ0v) is 15.0. The van der Waals surface area contributed by atoms with Crippen LogP contribution in [0, 0.1) is 6.92 Å². The van der Waals surface area contributed by atoms with Gasteiger partial charge in [-0.3, -0.25) is 9.59 Å². The standard InChI is InChI=1S/C19H15BrN2O3/c1-12-4-5-13(18(23)21-15-8-6-14(20)7-9-15)11-16(12)22-19(24)17-3-2-10-25-17/h2-11H,1H3,(H,21,23)(H,22,24). The molecule has 1 heterocycles. The number of hydrogen-bond acceptors (Lipinski definition) is 3. The fourth-order valence-electron chi connectivity index (χ4n) is 2.23. The number of aryl methyl sites for hydroxylation is 1. The highest BCUT2D eigenvalue weighted by Crippen LogP contribution is 2.20. The van der Waals surface area contributed by atoms with E-state index in [-0.39, 0.29) is 17.6 Å². The summed E-state index contributed by atoms with van der Waals surface area (Å²) in [5.74, 6) is -0.404. The van der Waals surface area contributed by atoms with Gasteiger partial charge in [0.15, 0.2) is 5.76 Å². The first-order valence-electron chi connectivity index (χ1n) is 7.55. The Morgan fingerprint density at radius 1 is 0.960 bits per heavy atom. The van der Waals surface area contributed by atoms with Crippen molar-refractivity contribution in [3.63, 3.8) is 0 Å². The van der Waals surface area contributed by atoms with Crippen LogP contribution in [0.2, 0.25) is 0 Å². The summed E-state index contributed by atoms with van der Waals surface area (Å²) in [4.78, 5) is 24.5. The van der Waals surface area contributed by atoms with Crippen LogP contribution in [0.3, 0.4) is 0 Å². The molecule has 25 heavy (non-hydrogen) atoms. The van der Waals surface area contributed by atoms with Gasteiger partial charge in [0.05, 0.1) is 6.26 Å². The maximum Gasteiger partial charge on any atom is 0.291 e. The Balaban J connectivity index is 1.77. The Morgan fingerprint density at radius 3 is 2.40 bits per heavy atom. The van der Waals surface area contributed by atoms with Crippen molar-refractivity contribution in [1.29, 1.82) is 0 Å². The number of nitrogens with one attached hydrogen (secondary N) is 2. The maximum absolute atomic E-state index is 12.4. The molecule has 3 rings (SSSR count). The molecule has 0 radical (unpaired) electrons. The lowest BCUT2D eigenvalue weighted by atomic mass is 10.1. The van der Waals surface area contributed by atoms with E-state index in [1.54, 1.807) is 42.5 Å². The van der Waals surface area contributed by atoms with Crippen LogP contribution in [0.15, 0.2) is 69.8 Å². The summed E-state index contributed by atoms with van der Waals surface area (Å²) in [6.07, 6.45) is 1.43. The van der Waals surface area contributed by atoms with Crippen LogP contribution in [0.25, 0.3) is 0 Å². The van der Waals surface area contributed by atoms with Crippen molar-refractivity contribution in [2.45, 2.75) is 6.92 Å². The zero-order chi connectivity index (χ0) is 17.8. The summed E-state index contributed by atoms with van der Waals surface area (Å²) in [6, 6.07) is 15.7. The Hall–Kier alpha value is -2.86. The molecule has 0 fully saturated rings. The number of amides is 2. The molecule has 0 aliphatic rings. The number of anilines is 2. The van der Waals surface area contributed by atoms with Gasteiger partial charge in [-0.05, 0) is 61.0 Å². The van der Waals surface area contributed by atoms with Crippen LogP contribution >= 0.6 is 15.9 Å². The first-order valence-corrected chi connectivity index (χ1v) is 8.34. The van der Waals surface area contributed by atoms with Gasteiger partial charge >= 0.3 is 0 Å². The van der Waals surface area contributed by atoms with Gasteiger partial charge in [0.25, 0.3) is 11.8 Å². The molecule has 6 heteroatoms. The highest BCUT2D eigenvalue weighted by atomic mass is 79.9. The van der Waals surface area contributed by atoms with Crippen molar-refractivity contribution in [2.24, 2.45) is 0 Å². The van der Waals surface area contributed by atoms with Gasteiger partial charge in [-0.2, -0.15) is 0 Å². The lowest BCUT2D eigenvalue weighted by Crippen LogP contribution is -2.15. The molecule has 5 nitrogen and oxygen atoms in total. The molecule has 3 aromatic rings. The molecule has 1 aromatic heterocycles.